The van der Waals surface area contributed by atoms with Gasteiger partial charge in [0.15, 0.2) is 0 Å². The molecule has 37 heavy (non-hydrogen) atoms. The van der Waals surface area contributed by atoms with Crippen molar-refractivity contribution in [2.75, 3.05) is 31.2 Å². The van der Waals surface area contributed by atoms with Gasteiger partial charge in [0, 0.05) is 18.8 Å². The van der Waals surface area contributed by atoms with Crippen LogP contribution in [-0.4, -0.2) is 52.8 Å². The second-order valence-electron chi connectivity index (χ2n) is 9.92. The molecule has 0 radical (unpaired) electrons. The Balaban J connectivity index is 1.67. The Hall–Kier alpha value is -3.72. The van der Waals surface area contributed by atoms with Crippen LogP contribution in [0.5, 0.6) is 0 Å². The first-order valence-electron chi connectivity index (χ1n) is 12.7. The van der Waals surface area contributed by atoms with E-state index in [1.807, 2.05) is 39.0 Å². The number of anilines is 1. The number of fused-ring (bicyclic) bond motifs is 1. The number of hydrogen-bond donors (Lipinski definition) is 2. The smallest absolute Gasteiger partial charge is 0.305 e. The van der Waals surface area contributed by atoms with Crippen LogP contribution in [-0.2, 0) is 14.3 Å². The number of para-hydroxylation sites is 1. The number of morpholine rings is 1. The molecule has 1 amide bonds. The molecule has 0 spiro atoms. The van der Waals surface area contributed by atoms with Crippen LogP contribution in [0.2, 0.25) is 0 Å². The lowest BCUT2D eigenvalue weighted by Gasteiger charge is -2.31. The summed E-state index contributed by atoms with van der Waals surface area (Å²) in [6.07, 6.45) is 1.53. The number of aryl methyl sites for hydroxylation is 1. The van der Waals surface area contributed by atoms with E-state index in [0.29, 0.717) is 36.1 Å². The zero-order chi connectivity index (χ0) is 26.5. The third kappa shape index (κ3) is 6.17. The van der Waals surface area contributed by atoms with E-state index < -0.39 is 24.0 Å². The zero-order valence-corrected chi connectivity index (χ0v) is 21.5. The fourth-order valence-electron chi connectivity index (χ4n) is 4.78. The van der Waals surface area contributed by atoms with Crippen molar-refractivity contribution in [3.63, 3.8) is 0 Å². The number of aromatic nitrogens is 2. The van der Waals surface area contributed by atoms with E-state index in [4.69, 9.17) is 4.74 Å². The van der Waals surface area contributed by atoms with Crippen molar-refractivity contribution in [3.05, 3.63) is 70.3 Å². The molecule has 1 aliphatic heterocycles. The Morgan fingerprint density at radius 1 is 1.14 bits per heavy atom. The molecule has 0 saturated carbocycles. The van der Waals surface area contributed by atoms with Gasteiger partial charge in [-0.3, -0.25) is 19.0 Å². The molecule has 1 aromatic heterocycles. The van der Waals surface area contributed by atoms with Gasteiger partial charge in [0.05, 0.1) is 42.9 Å². The molecule has 1 aliphatic rings. The Morgan fingerprint density at radius 3 is 2.57 bits per heavy atom. The third-order valence-electron chi connectivity index (χ3n) is 6.71. The van der Waals surface area contributed by atoms with Crippen molar-refractivity contribution in [2.45, 2.75) is 45.7 Å². The topological polar surface area (TPSA) is 114 Å². The van der Waals surface area contributed by atoms with Gasteiger partial charge in [-0.2, -0.15) is 0 Å². The van der Waals surface area contributed by atoms with Crippen LogP contribution in [0.25, 0.3) is 10.9 Å². The highest BCUT2D eigenvalue weighted by Gasteiger charge is 2.28. The lowest BCUT2D eigenvalue weighted by atomic mass is 9.98. The summed E-state index contributed by atoms with van der Waals surface area (Å²) in [7, 11) is 0. The predicted octanol–water partition coefficient (Wildman–Crippen LogP) is 3.46. The third-order valence-corrected chi connectivity index (χ3v) is 6.71. The molecule has 1 fully saturated rings. The highest BCUT2D eigenvalue weighted by Crippen LogP contribution is 2.28. The van der Waals surface area contributed by atoms with Crippen LogP contribution >= 0.6 is 0 Å². The van der Waals surface area contributed by atoms with Gasteiger partial charge in [0.25, 0.3) is 5.56 Å². The molecule has 2 heterocycles. The summed E-state index contributed by atoms with van der Waals surface area (Å²) in [5.41, 5.74) is 3.03. The Bertz CT molecular complexity index is 1330. The van der Waals surface area contributed by atoms with Gasteiger partial charge < -0.3 is 20.1 Å². The van der Waals surface area contributed by atoms with E-state index >= 15 is 0 Å². The summed E-state index contributed by atoms with van der Waals surface area (Å²) in [5.74, 6) is -1.32. The van der Waals surface area contributed by atoms with Gasteiger partial charge >= 0.3 is 5.97 Å². The summed E-state index contributed by atoms with van der Waals surface area (Å²) < 4.78 is 6.84. The molecule has 4 rings (SSSR count). The van der Waals surface area contributed by atoms with E-state index in [2.05, 4.69) is 15.2 Å². The molecule has 2 N–H and O–H groups in total. The molecule has 9 heteroatoms. The predicted molar refractivity (Wildman–Crippen MR) is 142 cm³/mol. The molecular weight excluding hydrogens is 472 g/mol. The van der Waals surface area contributed by atoms with Crippen LogP contribution < -0.4 is 15.8 Å². The van der Waals surface area contributed by atoms with Crippen molar-refractivity contribution in [3.8, 4) is 0 Å². The van der Waals surface area contributed by atoms with Crippen molar-refractivity contribution < 1.29 is 19.4 Å². The number of ether oxygens (including phenoxy) is 1. The summed E-state index contributed by atoms with van der Waals surface area (Å²) in [5, 5.41) is 13.0. The molecule has 2 atom stereocenters. The Morgan fingerprint density at radius 2 is 1.86 bits per heavy atom. The highest BCUT2D eigenvalue weighted by atomic mass is 16.5. The van der Waals surface area contributed by atoms with Crippen molar-refractivity contribution in [1.29, 1.82) is 0 Å². The average molecular weight is 507 g/mol. The maximum Gasteiger partial charge on any atom is 0.305 e. The molecule has 0 bridgehead atoms. The zero-order valence-electron chi connectivity index (χ0n) is 21.5. The van der Waals surface area contributed by atoms with Gasteiger partial charge in [-0.15, -0.1) is 0 Å². The summed E-state index contributed by atoms with van der Waals surface area (Å²) >= 11 is 0. The number of carboxylic acids is 1. The number of hydrogen-bond acceptors (Lipinski definition) is 6. The lowest BCUT2D eigenvalue weighted by Crippen LogP contribution is -2.40. The monoisotopic (exact) mass is 506 g/mol. The van der Waals surface area contributed by atoms with Crippen LogP contribution in [0.1, 0.15) is 49.9 Å². The Labute approximate surface area is 216 Å². The summed E-state index contributed by atoms with van der Waals surface area (Å²) in [6, 6.07) is 11.2. The number of carbonyl (C=O) groups is 2. The number of nitrogens with zero attached hydrogens (tertiary/aromatic N) is 3. The van der Waals surface area contributed by atoms with Crippen LogP contribution in [0.15, 0.2) is 53.6 Å². The molecule has 0 unspecified atom stereocenters. The molecule has 1 saturated heterocycles. The van der Waals surface area contributed by atoms with E-state index in [-0.39, 0.29) is 17.9 Å². The number of rotatable bonds is 9. The van der Waals surface area contributed by atoms with Crippen LogP contribution in [0.3, 0.4) is 0 Å². The van der Waals surface area contributed by atoms with Gasteiger partial charge in [-0.05, 0) is 48.6 Å². The maximum atomic E-state index is 13.7. The fraction of sp³-hybridized carbons (Fsp3) is 0.429. The minimum Gasteiger partial charge on any atom is -0.481 e. The first-order valence-corrected chi connectivity index (χ1v) is 12.7. The van der Waals surface area contributed by atoms with E-state index in [1.54, 1.807) is 24.3 Å². The molecule has 3 aromatic rings. The minimum absolute atomic E-state index is 0.111. The minimum atomic E-state index is -1.02. The molecule has 196 valence electrons. The first-order chi connectivity index (χ1) is 17.7. The van der Waals surface area contributed by atoms with Gasteiger partial charge in [-0.25, -0.2) is 4.98 Å². The SMILES string of the molecule is Cc1ccc([C@@H](CC(=O)O)NC(=O)[C@H](CC(C)C)n2cnc3ccccc3c2=O)cc1N1CCOCC1. The van der Waals surface area contributed by atoms with Gasteiger partial charge in [-0.1, -0.05) is 38.1 Å². The lowest BCUT2D eigenvalue weighted by molar-refractivity contribution is -0.138. The normalized spacial score (nSPS) is 15.5. The van der Waals surface area contributed by atoms with Gasteiger partial charge in [0.2, 0.25) is 5.91 Å². The number of benzene rings is 2. The highest BCUT2D eigenvalue weighted by molar-refractivity contribution is 5.83. The van der Waals surface area contributed by atoms with Gasteiger partial charge in [0.1, 0.15) is 6.04 Å². The largest absolute Gasteiger partial charge is 0.481 e. The number of aliphatic carboxylic acids is 1. The molecule has 0 aliphatic carbocycles. The number of nitrogens with one attached hydrogen (secondary N) is 1. The summed E-state index contributed by atoms with van der Waals surface area (Å²) in [4.78, 5) is 45.3. The second kappa shape index (κ2) is 11.6. The fourth-order valence-corrected chi connectivity index (χ4v) is 4.78. The number of carboxylic acid groups (broad SMARTS) is 1. The molecule has 9 nitrogen and oxygen atoms in total. The van der Waals surface area contributed by atoms with E-state index in [0.717, 1.165) is 24.3 Å². The molecule has 2 aromatic carbocycles. The van der Waals surface area contributed by atoms with Crippen LogP contribution in [0.4, 0.5) is 5.69 Å². The quantitative estimate of drug-likeness (QED) is 0.457. The number of amides is 1. The standard InChI is InChI=1S/C28H34N4O5/c1-18(2)14-25(32-17-29-22-7-5-4-6-21(22)28(32)36)27(35)30-23(16-26(33)34)20-9-8-19(3)24(15-20)31-10-12-37-13-11-31/h4-9,15,17-18,23,25H,10-14,16H2,1-3H3,(H,30,35)(H,33,34)/t23-,25+/m1/s1. The average Bonchev–Trinajstić information content (AvgIpc) is 2.88. The molecular formula is C28H34N4O5. The number of carbonyl (C=O) groups excluding carboxylic acids is 1. The van der Waals surface area contributed by atoms with E-state index in [9.17, 15) is 19.5 Å². The maximum absolute atomic E-state index is 13.7. The van der Waals surface area contributed by atoms with Crippen molar-refractivity contribution in [1.82, 2.24) is 14.9 Å². The summed E-state index contributed by atoms with van der Waals surface area (Å²) in [6.45, 7) is 8.71. The second-order valence-corrected chi connectivity index (χ2v) is 9.92. The first kappa shape index (κ1) is 26.3. The Kier molecular flexibility index (Phi) is 8.23. The van der Waals surface area contributed by atoms with Crippen molar-refractivity contribution in [2.24, 2.45) is 5.92 Å². The van der Waals surface area contributed by atoms with Crippen LogP contribution in [0, 0.1) is 12.8 Å². The van der Waals surface area contributed by atoms with Crippen molar-refractivity contribution >= 4 is 28.5 Å². The van der Waals surface area contributed by atoms with E-state index in [1.165, 1.54) is 10.9 Å².